The molecule has 0 aromatic heterocycles. The van der Waals surface area contributed by atoms with Crippen molar-refractivity contribution in [2.45, 2.75) is 217 Å². The first-order valence-electron chi connectivity index (χ1n) is 23.8. The number of rotatable bonds is 13. The van der Waals surface area contributed by atoms with Crippen LogP contribution in [0.3, 0.4) is 0 Å². The summed E-state index contributed by atoms with van der Waals surface area (Å²) in [6, 6.07) is 0. The van der Waals surface area contributed by atoms with Crippen LogP contribution in [-0.4, -0.2) is 180 Å². The van der Waals surface area contributed by atoms with Crippen LogP contribution in [0, 0.1) is 45.3 Å². The maximum Gasteiger partial charge on any atom is 0.187 e. The smallest absolute Gasteiger partial charge is 0.187 e. The highest BCUT2D eigenvalue weighted by atomic mass is 16.7. The minimum absolute atomic E-state index is 0.149. The molecule has 4 saturated carbocycles. The molecule has 0 bridgehead atoms. The number of aliphatic hydroxyl groups is 11. The highest BCUT2D eigenvalue weighted by Crippen LogP contribution is 2.76. The lowest BCUT2D eigenvalue weighted by Gasteiger charge is -2.71. The van der Waals surface area contributed by atoms with E-state index < -0.39 is 123 Å². The number of hydrogen-bond donors (Lipinski definition) is 11. The van der Waals surface area contributed by atoms with E-state index in [-0.39, 0.29) is 46.0 Å². The number of aliphatic hydroxyl groups excluding tert-OH is 11. The van der Waals surface area contributed by atoms with Crippen LogP contribution >= 0.6 is 0 Å². The Hall–Kier alpha value is -0.940. The fourth-order valence-corrected chi connectivity index (χ4v) is 14.6. The first-order chi connectivity index (χ1) is 29.9. The molecule has 7 aliphatic rings. The van der Waals surface area contributed by atoms with Crippen molar-refractivity contribution in [3.05, 3.63) is 11.6 Å². The third kappa shape index (κ3) is 8.49. The van der Waals surface area contributed by atoms with Gasteiger partial charge in [0.15, 0.2) is 18.9 Å². The molecule has 370 valence electrons. The molecule has 3 heterocycles. The second-order valence-electron chi connectivity index (χ2n) is 22.4. The Morgan fingerprint density at radius 1 is 0.641 bits per heavy atom. The van der Waals surface area contributed by atoms with Crippen LogP contribution in [0.2, 0.25) is 0 Å². The molecule has 4 aliphatic carbocycles. The average Bonchev–Trinajstić information content (AvgIpc) is 3.76. The maximum atomic E-state index is 12.7. The molecule has 0 spiro atoms. The molecule has 0 aromatic rings. The summed E-state index contributed by atoms with van der Waals surface area (Å²) < 4.78 is 36.6. The second-order valence-corrected chi connectivity index (χ2v) is 22.4. The van der Waals surface area contributed by atoms with Gasteiger partial charge in [-0.3, -0.25) is 0 Å². The Labute approximate surface area is 377 Å². The number of fused-ring (bicyclic) bond motifs is 5. The van der Waals surface area contributed by atoms with Crippen molar-refractivity contribution in [2.24, 2.45) is 45.3 Å². The van der Waals surface area contributed by atoms with Gasteiger partial charge in [0.2, 0.25) is 0 Å². The molecule has 0 radical (unpaired) electrons. The van der Waals surface area contributed by atoms with E-state index in [0.717, 1.165) is 37.7 Å². The summed E-state index contributed by atoms with van der Waals surface area (Å²) in [4.78, 5) is 0. The SMILES string of the molecule is CC(C)=CCC[C@](C)(O[C@@H]1O[C@H](CO[C@@H]2O[C@@H](CO)[C@H](O)[C@H]2O)[C@@H](O)[C@H](O)[C@H]1O)C1CC[C@]2(C)C1[C@H](O)C[C@@H]1[C@@]3(C)CC[C@H](O[C@@H]4O[C@H](CO)[C@@H](O)[C@H](O)[C@H]4O)C(C)(C)[C@@H]3CC[C@]12C. The summed E-state index contributed by atoms with van der Waals surface area (Å²) in [5, 5.41) is 118. The van der Waals surface area contributed by atoms with Gasteiger partial charge >= 0.3 is 0 Å². The Kier molecular flexibility index (Phi) is 14.9. The van der Waals surface area contributed by atoms with Crippen LogP contribution in [0.4, 0.5) is 0 Å². The monoisotopic (exact) mass is 917 g/mol. The average molecular weight is 917 g/mol. The van der Waals surface area contributed by atoms with E-state index >= 15 is 0 Å². The van der Waals surface area contributed by atoms with Crippen LogP contribution in [0.25, 0.3) is 0 Å². The summed E-state index contributed by atoms with van der Waals surface area (Å²) in [5.41, 5.74) is -0.947. The van der Waals surface area contributed by atoms with Gasteiger partial charge in [0.25, 0.3) is 0 Å². The van der Waals surface area contributed by atoms with E-state index in [9.17, 15) is 56.2 Å². The summed E-state index contributed by atoms with van der Waals surface area (Å²) in [6.07, 6.45) is -11.9. The molecule has 2 unspecified atom stereocenters. The summed E-state index contributed by atoms with van der Waals surface area (Å²) in [7, 11) is 0. The van der Waals surface area contributed by atoms with Crippen LogP contribution in [0.15, 0.2) is 11.6 Å². The van der Waals surface area contributed by atoms with E-state index in [1.54, 1.807) is 0 Å². The van der Waals surface area contributed by atoms with E-state index in [4.69, 9.17) is 28.4 Å². The molecule has 3 saturated heterocycles. The van der Waals surface area contributed by atoms with Crippen molar-refractivity contribution in [3.63, 3.8) is 0 Å². The molecule has 7 fully saturated rings. The molecule has 0 aromatic carbocycles. The zero-order chi connectivity index (χ0) is 47.1. The fraction of sp³-hybridized carbons (Fsp3) is 0.957. The Balaban J connectivity index is 1.11. The standard InChI is InChI=1S/C47H80O17/c1-22(2)10-9-14-47(8,64-42-39(58)36(55)34(53)27(62-42)21-59-40-37(56)33(52)26(20-49)60-40)23-11-16-46(7)31(23)24(50)18-29-44(5)15-13-30(43(3,4)28(44)12-17-45(29,46)6)63-41-38(57)35(54)32(51)25(19-48)61-41/h10,23-42,48-58H,9,11-21H2,1-8H3/t23?,24-,25-,26+,27-,28+,29-,30+,31?,32-,33+,34-,35+,36+,37-,38-,39-,40-,41+,42+,44+,45-,46-,47+/m1/s1. The third-order valence-corrected chi connectivity index (χ3v) is 18.4. The molecule has 64 heavy (non-hydrogen) atoms. The van der Waals surface area contributed by atoms with Gasteiger partial charge in [0, 0.05) is 0 Å². The molecule has 17 nitrogen and oxygen atoms in total. The molecule has 3 aliphatic heterocycles. The second kappa shape index (κ2) is 18.8. The zero-order valence-electron chi connectivity index (χ0n) is 39.0. The van der Waals surface area contributed by atoms with E-state index in [0.29, 0.717) is 25.7 Å². The Morgan fingerprint density at radius 2 is 1.19 bits per heavy atom. The van der Waals surface area contributed by atoms with Gasteiger partial charge < -0.3 is 84.6 Å². The molecule has 17 heteroatoms. The normalized spacial score (nSPS) is 52.3. The van der Waals surface area contributed by atoms with Gasteiger partial charge in [-0.1, -0.05) is 46.3 Å². The lowest BCUT2D eigenvalue weighted by molar-refractivity contribution is -0.342. The Bertz CT molecular complexity index is 1630. The highest BCUT2D eigenvalue weighted by molar-refractivity contribution is 5.20. The topological polar surface area (TPSA) is 278 Å². The van der Waals surface area contributed by atoms with Gasteiger partial charge in [-0.25, -0.2) is 0 Å². The first-order valence-corrected chi connectivity index (χ1v) is 23.8. The van der Waals surface area contributed by atoms with Crippen LogP contribution in [-0.2, 0) is 28.4 Å². The summed E-state index contributed by atoms with van der Waals surface area (Å²) >= 11 is 0. The quantitative estimate of drug-likeness (QED) is 0.0892. The minimum Gasteiger partial charge on any atom is -0.394 e. The number of allylic oxidation sites excluding steroid dienone is 2. The predicted octanol–water partition coefficient (Wildman–Crippen LogP) is 0.612. The van der Waals surface area contributed by atoms with Crippen molar-refractivity contribution in [1.82, 2.24) is 0 Å². The summed E-state index contributed by atoms with van der Waals surface area (Å²) in [6.45, 7) is 16.1. The molecule has 0 amide bonds. The van der Waals surface area contributed by atoms with Gasteiger partial charge in [0.1, 0.15) is 67.1 Å². The van der Waals surface area contributed by atoms with Crippen LogP contribution < -0.4 is 0 Å². The van der Waals surface area contributed by atoms with E-state index in [2.05, 4.69) is 40.7 Å². The van der Waals surface area contributed by atoms with Gasteiger partial charge in [-0.15, -0.1) is 0 Å². The lowest BCUT2D eigenvalue weighted by Crippen LogP contribution is -2.67. The number of hydrogen-bond acceptors (Lipinski definition) is 17. The van der Waals surface area contributed by atoms with E-state index in [1.807, 2.05) is 20.8 Å². The first kappa shape index (κ1) is 50.9. The van der Waals surface area contributed by atoms with Gasteiger partial charge in [0.05, 0.1) is 37.6 Å². The van der Waals surface area contributed by atoms with Crippen LogP contribution in [0.1, 0.15) is 113 Å². The van der Waals surface area contributed by atoms with Crippen molar-refractivity contribution in [2.75, 3.05) is 19.8 Å². The molecule has 24 atom stereocenters. The molecular weight excluding hydrogens is 836 g/mol. The molecular formula is C47H80O17. The Morgan fingerprint density at radius 3 is 1.81 bits per heavy atom. The van der Waals surface area contributed by atoms with Gasteiger partial charge in [-0.05, 0) is 124 Å². The predicted molar refractivity (Wildman–Crippen MR) is 228 cm³/mol. The number of ether oxygens (including phenoxy) is 6. The molecule has 7 rings (SSSR count). The van der Waals surface area contributed by atoms with Crippen molar-refractivity contribution < 1.29 is 84.6 Å². The maximum absolute atomic E-state index is 12.7. The lowest BCUT2D eigenvalue weighted by atomic mass is 9.35. The van der Waals surface area contributed by atoms with Crippen molar-refractivity contribution >= 4 is 0 Å². The highest BCUT2D eigenvalue weighted by Gasteiger charge is 2.72. The summed E-state index contributed by atoms with van der Waals surface area (Å²) in [5.74, 6) is -0.0472. The van der Waals surface area contributed by atoms with Crippen molar-refractivity contribution in [3.8, 4) is 0 Å². The minimum atomic E-state index is -1.67. The van der Waals surface area contributed by atoms with Crippen LogP contribution in [0.5, 0.6) is 0 Å². The van der Waals surface area contributed by atoms with E-state index in [1.165, 1.54) is 0 Å². The van der Waals surface area contributed by atoms with Crippen molar-refractivity contribution in [1.29, 1.82) is 0 Å². The van der Waals surface area contributed by atoms with Gasteiger partial charge in [-0.2, -0.15) is 0 Å². The fourth-order valence-electron chi connectivity index (χ4n) is 14.6. The third-order valence-electron chi connectivity index (χ3n) is 18.4. The zero-order valence-corrected chi connectivity index (χ0v) is 39.0. The largest absolute Gasteiger partial charge is 0.394 e. The molecule has 11 N–H and O–H groups in total.